The van der Waals surface area contributed by atoms with Crippen LogP contribution in [-0.4, -0.2) is 19.3 Å². The molecule has 1 N–H and O–H groups in total. The fourth-order valence-electron chi connectivity index (χ4n) is 6.93. The molecule has 5 aromatic carbocycles. The molecule has 5 aromatic rings. The highest BCUT2D eigenvalue weighted by atomic mass is 16.6. The number of rotatable bonds is 13. The molecule has 0 aromatic heterocycles. The molecule has 0 amide bonds. The number of methoxy groups -OCH3 is 2. The second kappa shape index (κ2) is 16.4. The summed E-state index contributed by atoms with van der Waals surface area (Å²) in [5, 5.41) is 9.94. The van der Waals surface area contributed by atoms with Crippen molar-refractivity contribution in [2.75, 3.05) is 19.1 Å². The lowest BCUT2D eigenvalue weighted by atomic mass is 9.83. The number of anilines is 3. The minimum absolute atomic E-state index is 0.127. The first-order chi connectivity index (χ1) is 24.0. The minimum atomic E-state index is 0.127. The van der Waals surface area contributed by atoms with Gasteiger partial charge in [0.15, 0.2) is 0 Å². The van der Waals surface area contributed by atoms with Gasteiger partial charge >= 0.3 is 0 Å². The number of aliphatic hydroxyl groups excluding tert-OH is 1. The van der Waals surface area contributed by atoms with Gasteiger partial charge in [0.2, 0.25) is 0 Å². The van der Waals surface area contributed by atoms with E-state index in [-0.39, 0.29) is 5.95 Å². The van der Waals surface area contributed by atoms with Gasteiger partial charge in [-0.1, -0.05) is 79.7 Å². The van der Waals surface area contributed by atoms with E-state index in [2.05, 4.69) is 121 Å². The molecule has 1 fully saturated rings. The third kappa shape index (κ3) is 8.75. The SMILES string of the molecule is CCc1ccc(-c2ccc(N(c3ccc(CCc4ccc(OC)cc4)cc3)c3ccc(CCC4CCC(=C(O)OC)CC4)cc3)cc2)cc1. The molecule has 6 rings (SSSR count). The Hall–Kier alpha value is -4.96. The van der Waals surface area contributed by atoms with Crippen LogP contribution in [0, 0.1) is 5.92 Å². The van der Waals surface area contributed by atoms with Crippen molar-refractivity contribution in [1.82, 2.24) is 0 Å². The molecule has 0 atom stereocenters. The summed E-state index contributed by atoms with van der Waals surface area (Å²) in [6.07, 6.45) is 9.35. The van der Waals surface area contributed by atoms with E-state index < -0.39 is 0 Å². The number of nitrogens with zero attached hydrogens (tertiary/aromatic N) is 1. The molecule has 0 saturated heterocycles. The smallest absolute Gasteiger partial charge is 0.275 e. The van der Waals surface area contributed by atoms with Crippen molar-refractivity contribution in [3.8, 4) is 16.9 Å². The third-order valence-electron chi connectivity index (χ3n) is 10.1. The summed E-state index contributed by atoms with van der Waals surface area (Å²) in [4.78, 5) is 2.36. The van der Waals surface area contributed by atoms with Crippen LogP contribution in [0.1, 0.15) is 61.3 Å². The Balaban J connectivity index is 1.18. The van der Waals surface area contributed by atoms with E-state index in [0.717, 1.165) is 79.8 Å². The highest BCUT2D eigenvalue weighted by Gasteiger charge is 2.20. The summed E-state index contributed by atoms with van der Waals surface area (Å²) >= 11 is 0. The Labute approximate surface area is 292 Å². The summed E-state index contributed by atoms with van der Waals surface area (Å²) in [5.41, 5.74) is 12.3. The highest BCUT2D eigenvalue weighted by molar-refractivity contribution is 5.78. The molecular formula is C45H49NO3. The summed E-state index contributed by atoms with van der Waals surface area (Å²) < 4.78 is 10.4. The first kappa shape index (κ1) is 33.9. The van der Waals surface area contributed by atoms with Crippen molar-refractivity contribution in [3.05, 3.63) is 155 Å². The molecule has 1 aliphatic carbocycles. The van der Waals surface area contributed by atoms with Crippen LogP contribution in [0.2, 0.25) is 0 Å². The topological polar surface area (TPSA) is 41.9 Å². The summed E-state index contributed by atoms with van der Waals surface area (Å²) in [6.45, 7) is 2.19. The molecule has 0 unspecified atom stereocenters. The van der Waals surface area contributed by atoms with Crippen LogP contribution in [-0.2, 0) is 30.4 Å². The van der Waals surface area contributed by atoms with E-state index >= 15 is 0 Å². The molecule has 4 nitrogen and oxygen atoms in total. The number of aliphatic hydroxyl groups is 1. The Morgan fingerprint density at radius 3 is 1.49 bits per heavy atom. The maximum absolute atomic E-state index is 9.94. The minimum Gasteiger partial charge on any atom is -0.497 e. The number of allylic oxidation sites excluding steroid dienone is 1. The fourth-order valence-corrected chi connectivity index (χ4v) is 6.93. The Morgan fingerprint density at radius 2 is 1.02 bits per heavy atom. The molecule has 0 bridgehead atoms. The predicted octanol–water partition coefficient (Wildman–Crippen LogP) is 11.7. The molecular weight excluding hydrogens is 602 g/mol. The summed E-state index contributed by atoms with van der Waals surface area (Å²) in [5.74, 6) is 1.70. The van der Waals surface area contributed by atoms with Crippen molar-refractivity contribution in [1.29, 1.82) is 0 Å². The molecule has 1 saturated carbocycles. The van der Waals surface area contributed by atoms with Gasteiger partial charge in [0.25, 0.3) is 5.95 Å². The van der Waals surface area contributed by atoms with E-state index in [0.29, 0.717) is 5.92 Å². The molecule has 49 heavy (non-hydrogen) atoms. The van der Waals surface area contributed by atoms with Crippen LogP contribution in [0.15, 0.2) is 133 Å². The molecule has 0 spiro atoms. The largest absolute Gasteiger partial charge is 0.497 e. The summed E-state index contributed by atoms with van der Waals surface area (Å²) in [7, 11) is 3.25. The van der Waals surface area contributed by atoms with E-state index in [4.69, 9.17) is 9.47 Å². The normalized spacial score (nSPS) is 14.3. The van der Waals surface area contributed by atoms with Crippen LogP contribution >= 0.6 is 0 Å². The Bertz CT molecular complexity index is 1780. The van der Waals surface area contributed by atoms with E-state index in [1.54, 1.807) is 14.2 Å². The van der Waals surface area contributed by atoms with E-state index in [1.807, 2.05) is 12.1 Å². The highest BCUT2D eigenvalue weighted by Crippen LogP contribution is 2.37. The van der Waals surface area contributed by atoms with Crippen molar-refractivity contribution >= 4 is 17.1 Å². The van der Waals surface area contributed by atoms with Gasteiger partial charge in [0, 0.05) is 22.6 Å². The predicted molar refractivity (Wildman–Crippen MR) is 203 cm³/mol. The number of aryl methyl sites for hydroxylation is 4. The van der Waals surface area contributed by atoms with Gasteiger partial charge in [0.05, 0.1) is 14.2 Å². The maximum atomic E-state index is 9.94. The molecule has 0 aliphatic heterocycles. The van der Waals surface area contributed by atoms with Crippen molar-refractivity contribution < 1.29 is 14.6 Å². The quantitative estimate of drug-likeness (QED) is 0.129. The molecule has 4 heteroatoms. The Morgan fingerprint density at radius 1 is 0.592 bits per heavy atom. The molecule has 1 aliphatic rings. The number of hydrogen-bond donors (Lipinski definition) is 1. The zero-order valence-electron chi connectivity index (χ0n) is 29.2. The Kier molecular flexibility index (Phi) is 11.4. The summed E-state index contributed by atoms with van der Waals surface area (Å²) in [6, 6.07) is 44.4. The average Bonchev–Trinajstić information content (AvgIpc) is 3.18. The van der Waals surface area contributed by atoms with Gasteiger partial charge < -0.3 is 19.5 Å². The first-order valence-electron chi connectivity index (χ1n) is 17.8. The molecule has 0 heterocycles. The van der Waals surface area contributed by atoms with Crippen LogP contribution in [0.25, 0.3) is 11.1 Å². The lowest BCUT2D eigenvalue weighted by Gasteiger charge is -2.26. The fraction of sp³-hybridized carbons (Fsp3) is 0.289. The average molecular weight is 652 g/mol. The van der Waals surface area contributed by atoms with Gasteiger partial charge in [-0.25, -0.2) is 0 Å². The molecule has 252 valence electrons. The molecule has 0 radical (unpaired) electrons. The number of benzene rings is 5. The lowest BCUT2D eigenvalue weighted by molar-refractivity contribution is 0.125. The maximum Gasteiger partial charge on any atom is 0.275 e. The van der Waals surface area contributed by atoms with Gasteiger partial charge in [0.1, 0.15) is 5.75 Å². The standard InChI is InChI=1S/C45H49NO3/c1-4-33-9-19-38(20-10-33)39-23-29-43(30-24-39)46(42-27-15-36(16-28-42)7-8-37-17-31-44(48-2)32-18-37)41-25-13-35(14-26-41)6-5-34-11-21-40(22-12-34)45(47)49-3/h9-10,13-20,23-32,34,47H,4-8,11-12,21-22H2,1-3H3. The second-order valence-corrected chi connectivity index (χ2v) is 13.2. The van der Waals surface area contributed by atoms with Gasteiger partial charge in [-0.05, 0) is 146 Å². The zero-order chi connectivity index (χ0) is 34.0. The van der Waals surface area contributed by atoms with E-state index in [9.17, 15) is 5.11 Å². The van der Waals surface area contributed by atoms with Crippen LogP contribution in [0.3, 0.4) is 0 Å². The van der Waals surface area contributed by atoms with Gasteiger partial charge in [-0.2, -0.15) is 0 Å². The van der Waals surface area contributed by atoms with Gasteiger partial charge in [-0.15, -0.1) is 0 Å². The van der Waals surface area contributed by atoms with Crippen LogP contribution in [0.5, 0.6) is 5.75 Å². The third-order valence-corrected chi connectivity index (χ3v) is 10.1. The first-order valence-corrected chi connectivity index (χ1v) is 17.8. The number of hydrogen-bond acceptors (Lipinski definition) is 4. The van der Waals surface area contributed by atoms with Crippen LogP contribution < -0.4 is 9.64 Å². The van der Waals surface area contributed by atoms with Crippen molar-refractivity contribution in [2.45, 2.75) is 64.7 Å². The van der Waals surface area contributed by atoms with Gasteiger partial charge in [-0.3, -0.25) is 0 Å². The van der Waals surface area contributed by atoms with E-state index in [1.165, 1.54) is 39.8 Å². The lowest BCUT2D eigenvalue weighted by Crippen LogP contribution is -2.11. The van der Waals surface area contributed by atoms with Crippen molar-refractivity contribution in [3.63, 3.8) is 0 Å². The monoisotopic (exact) mass is 651 g/mol. The van der Waals surface area contributed by atoms with Crippen molar-refractivity contribution in [2.24, 2.45) is 5.92 Å². The second-order valence-electron chi connectivity index (χ2n) is 13.2. The van der Waals surface area contributed by atoms with Crippen LogP contribution in [0.4, 0.5) is 17.1 Å². The number of ether oxygens (including phenoxy) is 2. The zero-order valence-corrected chi connectivity index (χ0v) is 29.2.